The Morgan fingerprint density at radius 3 is 2.90 bits per heavy atom. The van der Waals surface area contributed by atoms with Crippen molar-refractivity contribution in [2.45, 2.75) is 11.5 Å². The summed E-state index contributed by atoms with van der Waals surface area (Å²) in [6, 6.07) is 9.83. The number of methoxy groups -OCH3 is 1. The normalized spacial score (nSPS) is 9.90. The van der Waals surface area contributed by atoms with E-state index in [1.54, 1.807) is 25.1 Å². The molecule has 2 N–H and O–H groups in total. The number of nitrogens with two attached hydrogens (primary N) is 1. The average molecular weight is 287 g/mol. The van der Waals surface area contributed by atoms with Crippen LogP contribution in [0.4, 0.5) is 0 Å². The standard InChI is InChI=1S/C16H17NO2S/c1-18-16-7-6-13(4-2-8-17)10-14(16)11-20-12-15-5-3-9-19-15/h3,5-7,9-10H,8,11-12,17H2,1H3. The highest BCUT2D eigenvalue weighted by atomic mass is 32.2. The van der Waals surface area contributed by atoms with Crippen LogP contribution in [0.1, 0.15) is 16.9 Å². The maximum absolute atomic E-state index is 5.39. The molecule has 0 aliphatic rings. The van der Waals surface area contributed by atoms with Gasteiger partial charge in [0.15, 0.2) is 0 Å². The number of benzene rings is 1. The van der Waals surface area contributed by atoms with E-state index in [0.29, 0.717) is 6.54 Å². The molecule has 0 fully saturated rings. The van der Waals surface area contributed by atoms with E-state index < -0.39 is 0 Å². The Labute approximate surface area is 123 Å². The predicted molar refractivity (Wildman–Crippen MR) is 82.6 cm³/mol. The van der Waals surface area contributed by atoms with E-state index in [0.717, 1.165) is 34.1 Å². The largest absolute Gasteiger partial charge is 0.496 e. The molecule has 1 aromatic carbocycles. The van der Waals surface area contributed by atoms with E-state index in [1.165, 1.54) is 0 Å². The van der Waals surface area contributed by atoms with Gasteiger partial charge in [-0.3, -0.25) is 0 Å². The highest BCUT2D eigenvalue weighted by Gasteiger charge is 2.05. The molecule has 0 saturated carbocycles. The van der Waals surface area contributed by atoms with Gasteiger partial charge in [0.1, 0.15) is 11.5 Å². The van der Waals surface area contributed by atoms with Gasteiger partial charge in [0, 0.05) is 16.9 Å². The summed E-state index contributed by atoms with van der Waals surface area (Å²) in [7, 11) is 1.68. The summed E-state index contributed by atoms with van der Waals surface area (Å²) < 4.78 is 10.7. The van der Waals surface area contributed by atoms with E-state index in [9.17, 15) is 0 Å². The van der Waals surface area contributed by atoms with E-state index in [2.05, 4.69) is 17.9 Å². The minimum absolute atomic E-state index is 0.370. The first-order chi connectivity index (χ1) is 9.83. The Bertz CT molecular complexity index is 597. The van der Waals surface area contributed by atoms with Gasteiger partial charge < -0.3 is 14.9 Å². The highest BCUT2D eigenvalue weighted by Crippen LogP contribution is 2.26. The lowest BCUT2D eigenvalue weighted by Gasteiger charge is -2.08. The molecule has 4 heteroatoms. The van der Waals surface area contributed by atoms with Crippen LogP contribution in [0.25, 0.3) is 0 Å². The molecule has 0 aliphatic heterocycles. The zero-order valence-corrected chi connectivity index (χ0v) is 12.2. The molecule has 0 radical (unpaired) electrons. The fourth-order valence-corrected chi connectivity index (χ4v) is 2.69. The van der Waals surface area contributed by atoms with Crippen LogP contribution in [0.15, 0.2) is 41.0 Å². The first kappa shape index (κ1) is 14.6. The molecule has 0 unspecified atom stereocenters. The van der Waals surface area contributed by atoms with Gasteiger partial charge in [-0.05, 0) is 30.3 Å². The van der Waals surface area contributed by atoms with Crippen LogP contribution in [-0.4, -0.2) is 13.7 Å². The van der Waals surface area contributed by atoms with Crippen molar-refractivity contribution in [2.24, 2.45) is 5.73 Å². The molecule has 2 aromatic rings. The molecular formula is C16H17NO2S. The van der Waals surface area contributed by atoms with Crippen molar-refractivity contribution in [3.63, 3.8) is 0 Å². The molecule has 3 nitrogen and oxygen atoms in total. The third-order valence-electron chi connectivity index (χ3n) is 2.70. The maximum Gasteiger partial charge on any atom is 0.122 e. The van der Waals surface area contributed by atoms with Crippen LogP contribution in [0.2, 0.25) is 0 Å². The van der Waals surface area contributed by atoms with E-state index in [4.69, 9.17) is 14.9 Å². The second-order valence-electron chi connectivity index (χ2n) is 4.10. The maximum atomic E-state index is 5.39. The predicted octanol–water partition coefficient (Wildman–Crippen LogP) is 3.03. The zero-order valence-electron chi connectivity index (χ0n) is 11.4. The number of hydrogen-bond acceptors (Lipinski definition) is 4. The molecule has 0 saturated heterocycles. The van der Waals surface area contributed by atoms with Crippen LogP contribution in [-0.2, 0) is 11.5 Å². The summed E-state index contributed by atoms with van der Waals surface area (Å²) in [5.41, 5.74) is 7.49. The molecule has 20 heavy (non-hydrogen) atoms. The monoisotopic (exact) mass is 287 g/mol. The third kappa shape index (κ3) is 4.09. The van der Waals surface area contributed by atoms with Gasteiger partial charge in [-0.2, -0.15) is 0 Å². The minimum Gasteiger partial charge on any atom is -0.496 e. The third-order valence-corrected chi connectivity index (χ3v) is 3.70. The number of hydrogen-bond donors (Lipinski definition) is 1. The van der Waals surface area contributed by atoms with Gasteiger partial charge >= 0.3 is 0 Å². The second kappa shape index (κ2) is 7.68. The smallest absolute Gasteiger partial charge is 0.122 e. The summed E-state index contributed by atoms with van der Waals surface area (Å²) in [5, 5.41) is 0. The Kier molecular flexibility index (Phi) is 5.60. The molecule has 0 bridgehead atoms. The van der Waals surface area contributed by atoms with Gasteiger partial charge in [0.2, 0.25) is 0 Å². The molecule has 1 heterocycles. The van der Waals surface area contributed by atoms with Gasteiger partial charge in [-0.15, -0.1) is 11.8 Å². The van der Waals surface area contributed by atoms with Gasteiger partial charge in [-0.1, -0.05) is 11.8 Å². The van der Waals surface area contributed by atoms with Crippen LogP contribution in [0.5, 0.6) is 5.75 Å². The van der Waals surface area contributed by atoms with Crippen LogP contribution in [0.3, 0.4) is 0 Å². The Hall–Kier alpha value is -1.83. The fourth-order valence-electron chi connectivity index (χ4n) is 1.78. The topological polar surface area (TPSA) is 48.4 Å². The number of rotatable bonds is 5. The molecular weight excluding hydrogens is 270 g/mol. The SMILES string of the molecule is COc1ccc(C#CCN)cc1CSCc1ccco1. The number of thioether (sulfide) groups is 1. The second-order valence-corrected chi connectivity index (χ2v) is 5.09. The van der Waals surface area contributed by atoms with Crippen molar-refractivity contribution in [2.75, 3.05) is 13.7 Å². The number of ether oxygens (including phenoxy) is 1. The van der Waals surface area contributed by atoms with Gasteiger partial charge in [0.05, 0.1) is 25.7 Å². The van der Waals surface area contributed by atoms with Gasteiger partial charge in [-0.25, -0.2) is 0 Å². The Balaban J connectivity index is 2.04. The van der Waals surface area contributed by atoms with Crippen LogP contribution >= 0.6 is 11.8 Å². The first-order valence-electron chi connectivity index (χ1n) is 6.29. The Morgan fingerprint density at radius 2 is 2.20 bits per heavy atom. The summed E-state index contributed by atoms with van der Waals surface area (Å²) >= 11 is 1.78. The van der Waals surface area contributed by atoms with Crippen LogP contribution < -0.4 is 10.5 Å². The minimum atomic E-state index is 0.370. The van der Waals surface area contributed by atoms with E-state index in [1.807, 2.05) is 24.3 Å². The average Bonchev–Trinajstić information content (AvgIpc) is 2.98. The summed E-state index contributed by atoms with van der Waals surface area (Å²) in [6.07, 6.45) is 1.69. The summed E-state index contributed by atoms with van der Waals surface area (Å²) in [6.45, 7) is 0.370. The molecule has 0 amide bonds. The van der Waals surface area contributed by atoms with Gasteiger partial charge in [0.25, 0.3) is 0 Å². The Morgan fingerprint density at radius 1 is 1.30 bits per heavy atom. The van der Waals surface area contributed by atoms with Crippen LogP contribution in [0, 0.1) is 11.8 Å². The van der Waals surface area contributed by atoms with Crippen molar-refractivity contribution in [1.82, 2.24) is 0 Å². The van der Waals surface area contributed by atoms with Crippen molar-refractivity contribution in [3.05, 3.63) is 53.5 Å². The molecule has 104 valence electrons. The van der Waals surface area contributed by atoms with Crippen molar-refractivity contribution in [3.8, 4) is 17.6 Å². The van der Waals surface area contributed by atoms with E-state index in [-0.39, 0.29) is 0 Å². The zero-order chi connectivity index (χ0) is 14.2. The molecule has 0 aliphatic carbocycles. The molecule has 2 rings (SSSR count). The summed E-state index contributed by atoms with van der Waals surface area (Å²) in [5.74, 6) is 9.46. The molecule has 0 spiro atoms. The highest BCUT2D eigenvalue weighted by molar-refractivity contribution is 7.97. The lowest BCUT2D eigenvalue weighted by Crippen LogP contribution is -1.94. The van der Waals surface area contributed by atoms with Crippen molar-refractivity contribution >= 4 is 11.8 Å². The fraction of sp³-hybridized carbons (Fsp3) is 0.250. The van der Waals surface area contributed by atoms with Crippen molar-refractivity contribution in [1.29, 1.82) is 0 Å². The summed E-state index contributed by atoms with van der Waals surface area (Å²) in [4.78, 5) is 0. The van der Waals surface area contributed by atoms with E-state index >= 15 is 0 Å². The number of furan rings is 1. The molecule has 1 aromatic heterocycles. The first-order valence-corrected chi connectivity index (χ1v) is 7.45. The quantitative estimate of drug-likeness (QED) is 0.859. The lowest BCUT2D eigenvalue weighted by molar-refractivity contribution is 0.411. The molecule has 0 atom stereocenters. The van der Waals surface area contributed by atoms with Crippen molar-refractivity contribution < 1.29 is 9.15 Å². The lowest BCUT2D eigenvalue weighted by atomic mass is 10.1.